The maximum absolute atomic E-state index is 11.7. The molecule has 1 aromatic heterocycles. The number of benzene rings is 2. The third-order valence-electron chi connectivity index (χ3n) is 3.53. The average Bonchev–Trinajstić information content (AvgIpc) is 2.59. The first-order chi connectivity index (χ1) is 11.2. The van der Waals surface area contributed by atoms with E-state index < -0.39 is 5.63 Å². The SMILES string of the molecule is COc1ccc2c(CNc3ccc(C#N)cc3)cc(=O)oc2c1. The number of nitriles is 1. The van der Waals surface area contributed by atoms with Crippen molar-refractivity contribution in [2.75, 3.05) is 12.4 Å². The van der Waals surface area contributed by atoms with Crippen LogP contribution in [0.2, 0.25) is 0 Å². The molecule has 0 aliphatic carbocycles. The molecule has 2 aromatic carbocycles. The van der Waals surface area contributed by atoms with Gasteiger partial charge in [0.25, 0.3) is 0 Å². The molecule has 23 heavy (non-hydrogen) atoms. The molecule has 0 fully saturated rings. The van der Waals surface area contributed by atoms with Crippen molar-refractivity contribution in [1.29, 1.82) is 5.26 Å². The third kappa shape index (κ3) is 3.16. The Balaban J connectivity index is 1.89. The molecule has 1 heterocycles. The van der Waals surface area contributed by atoms with Crippen LogP contribution in [0.3, 0.4) is 0 Å². The van der Waals surface area contributed by atoms with Crippen molar-refractivity contribution in [3.8, 4) is 11.8 Å². The zero-order chi connectivity index (χ0) is 16.2. The Bertz CT molecular complexity index is 937. The number of ether oxygens (including phenoxy) is 1. The Morgan fingerprint density at radius 3 is 2.65 bits per heavy atom. The quantitative estimate of drug-likeness (QED) is 0.749. The molecule has 0 amide bonds. The summed E-state index contributed by atoms with van der Waals surface area (Å²) in [6, 6.07) is 16.1. The fourth-order valence-electron chi connectivity index (χ4n) is 2.34. The van der Waals surface area contributed by atoms with Crippen LogP contribution < -0.4 is 15.7 Å². The van der Waals surface area contributed by atoms with Crippen molar-refractivity contribution in [3.63, 3.8) is 0 Å². The molecule has 5 heteroatoms. The molecule has 0 saturated heterocycles. The Labute approximate surface area is 132 Å². The minimum Gasteiger partial charge on any atom is -0.497 e. The van der Waals surface area contributed by atoms with E-state index in [2.05, 4.69) is 11.4 Å². The van der Waals surface area contributed by atoms with Crippen LogP contribution in [0.4, 0.5) is 5.69 Å². The monoisotopic (exact) mass is 306 g/mol. The minimum atomic E-state index is -0.401. The topological polar surface area (TPSA) is 75.3 Å². The van der Waals surface area contributed by atoms with E-state index >= 15 is 0 Å². The van der Waals surface area contributed by atoms with E-state index in [0.29, 0.717) is 23.4 Å². The Morgan fingerprint density at radius 1 is 1.17 bits per heavy atom. The molecule has 0 radical (unpaired) electrons. The lowest BCUT2D eigenvalue weighted by Gasteiger charge is -2.09. The second kappa shape index (κ2) is 6.24. The summed E-state index contributed by atoms with van der Waals surface area (Å²) in [7, 11) is 1.57. The van der Waals surface area contributed by atoms with E-state index in [1.54, 1.807) is 25.3 Å². The van der Waals surface area contributed by atoms with Gasteiger partial charge < -0.3 is 14.5 Å². The van der Waals surface area contributed by atoms with Gasteiger partial charge in [-0.15, -0.1) is 0 Å². The van der Waals surface area contributed by atoms with Gasteiger partial charge in [-0.25, -0.2) is 4.79 Å². The second-order valence-corrected chi connectivity index (χ2v) is 5.00. The first-order valence-corrected chi connectivity index (χ1v) is 7.04. The molecule has 0 atom stereocenters. The van der Waals surface area contributed by atoms with Gasteiger partial charge in [0.2, 0.25) is 0 Å². The smallest absolute Gasteiger partial charge is 0.336 e. The van der Waals surface area contributed by atoms with Crippen LogP contribution in [0.15, 0.2) is 57.7 Å². The summed E-state index contributed by atoms with van der Waals surface area (Å²) in [4.78, 5) is 11.7. The molecular weight excluding hydrogens is 292 g/mol. The van der Waals surface area contributed by atoms with Crippen molar-refractivity contribution < 1.29 is 9.15 Å². The summed E-state index contributed by atoms with van der Waals surface area (Å²) in [5.74, 6) is 0.637. The fourth-order valence-corrected chi connectivity index (χ4v) is 2.34. The number of anilines is 1. The van der Waals surface area contributed by atoms with E-state index in [0.717, 1.165) is 16.6 Å². The number of methoxy groups -OCH3 is 1. The van der Waals surface area contributed by atoms with Crippen LogP contribution in [0.25, 0.3) is 11.0 Å². The number of nitrogens with one attached hydrogen (secondary N) is 1. The first-order valence-electron chi connectivity index (χ1n) is 7.04. The van der Waals surface area contributed by atoms with Gasteiger partial charge in [-0.1, -0.05) is 0 Å². The van der Waals surface area contributed by atoms with Crippen molar-refractivity contribution in [1.82, 2.24) is 0 Å². The summed E-state index contributed by atoms with van der Waals surface area (Å²) in [5.41, 5.74) is 2.41. The van der Waals surface area contributed by atoms with Crippen LogP contribution in [0.1, 0.15) is 11.1 Å². The summed E-state index contributed by atoms with van der Waals surface area (Å²) < 4.78 is 10.4. The number of hydrogen-bond acceptors (Lipinski definition) is 5. The molecule has 3 rings (SSSR count). The number of nitrogens with zero attached hydrogens (tertiary/aromatic N) is 1. The lowest BCUT2D eigenvalue weighted by Crippen LogP contribution is -2.05. The fraction of sp³-hybridized carbons (Fsp3) is 0.111. The summed E-state index contributed by atoms with van der Waals surface area (Å²) in [5, 5.41) is 12.9. The standard InChI is InChI=1S/C18H14N2O3/c1-22-15-6-7-16-13(8-18(21)23-17(16)9-15)11-20-14-4-2-12(10-19)3-5-14/h2-9,20H,11H2,1H3. The molecule has 0 spiro atoms. The van der Waals surface area contributed by atoms with Crippen LogP contribution in [-0.2, 0) is 6.54 Å². The maximum Gasteiger partial charge on any atom is 0.336 e. The highest BCUT2D eigenvalue weighted by molar-refractivity contribution is 5.81. The lowest BCUT2D eigenvalue weighted by molar-refractivity contribution is 0.414. The highest BCUT2D eigenvalue weighted by Crippen LogP contribution is 2.23. The van der Waals surface area contributed by atoms with Gasteiger partial charge in [0, 0.05) is 29.8 Å². The van der Waals surface area contributed by atoms with Crippen molar-refractivity contribution in [2.24, 2.45) is 0 Å². The van der Waals surface area contributed by atoms with Gasteiger partial charge in [-0.3, -0.25) is 0 Å². The molecule has 0 unspecified atom stereocenters. The number of fused-ring (bicyclic) bond motifs is 1. The van der Waals surface area contributed by atoms with E-state index in [1.807, 2.05) is 24.3 Å². The van der Waals surface area contributed by atoms with Gasteiger partial charge in [-0.05, 0) is 42.0 Å². The summed E-state index contributed by atoms with van der Waals surface area (Å²) in [6.07, 6.45) is 0. The Hall–Kier alpha value is -3.26. The van der Waals surface area contributed by atoms with Gasteiger partial charge in [0.1, 0.15) is 11.3 Å². The molecule has 1 N–H and O–H groups in total. The van der Waals surface area contributed by atoms with E-state index in [1.165, 1.54) is 6.07 Å². The highest BCUT2D eigenvalue weighted by atomic mass is 16.5. The summed E-state index contributed by atoms with van der Waals surface area (Å²) in [6.45, 7) is 0.473. The zero-order valence-corrected chi connectivity index (χ0v) is 12.5. The van der Waals surface area contributed by atoms with E-state index in [4.69, 9.17) is 14.4 Å². The highest BCUT2D eigenvalue weighted by Gasteiger charge is 2.07. The molecule has 3 aromatic rings. The van der Waals surface area contributed by atoms with Crippen molar-refractivity contribution in [3.05, 3.63) is 70.1 Å². The maximum atomic E-state index is 11.7. The zero-order valence-electron chi connectivity index (χ0n) is 12.5. The molecule has 0 aliphatic heterocycles. The summed E-state index contributed by atoms with van der Waals surface area (Å²) >= 11 is 0. The molecule has 114 valence electrons. The van der Waals surface area contributed by atoms with Crippen molar-refractivity contribution in [2.45, 2.75) is 6.54 Å². The minimum absolute atomic E-state index is 0.401. The molecule has 0 saturated carbocycles. The predicted octanol–water partition coefficient (Wildman–Crippen LogP) is 3.29. The first kappa shape index (κ1) is 14.7. The predicted molar refractivity (Wildman–Crippen MR) is 87.5 cm³/mol. The lowest BCUT2D eigenvalue weighted by atomic mass is 10.1. The third-order valence-corrected chi connectivity index (χ3v) is 3.53. The molecule has 0 bridgehead atoms. The van der Waals surface area contributed by atoms with Crippen LogP contribution >= 0.6 is 0 Å². The Kier molecular flexibility index (Phi) is 3.98. The normalized spacial score (nSPS) is 10.3. The van der Waals surface area contributed by atoms with E-state index in [-0.39, 0.29) is 0 Å². The number of hydrogen-bond donors (Lipinski definition) is 1. The number of rotatable bonds is 4. The second-order valence-electron chi connectivity index (χ2n) is 5.00. The van der Waals surface area contributed by atoms with E-state index in [9.17, 15) is 4.79 Å². The van der Waals surface area contributed by atoms with Gasteiger partial charge in [-0.2, -0.15) is 5.26 Å². The largest absolute Gasteiger partial charge is 0.497 e. The van der Waals surface area contributed by atoms with Gasteiger partial charge in [0.05, 0.1) is 18.7 Å². The molecule has 0 aliphatic rings. The van der Waals surface area contributed by atoms with Crippen molar-refractivity contribution >= 4 is 16.7 Å². The molecular formula is C18H14N2O3. The Morgan fingerprint density at radius 2 is 1.96 bits per heavy atom. The van der Waals surface area contributed by atoms with Gasteiger partial charge in [0.15, 0.2) is 0 Å². The average molecular weight is 306 g/mol. The molecule has 5 nitrogen and oxygen atoms in total. The van der Waals surface area contributed by atoms with Crippen LogP contribution in [0, 0.1) is 11.3 Å². The van der Waals surface area contributed by atoms with Gasteiger partial charge >= 0.3 is 5.63 Å². The van der Waals surface area contributed by atoms with Crippen LogP contribution in [-0.4, -0.2) is 7.11 Å². The van der Waals surface area contributed by atoms with Crippen LogP contribution in [0.5, 0.6) is 5.75 Å².